The van der Waals surface area contributed by atoms with Crippen molar-refractivity contribution in [1.29, 1.82) is 0 Å². The van der Waals surface area contributed by atoms with E-state index in [2.05, 4.69) is 0 Å². The number of hydrogen-bond donors (Lipinski definition) is 15. The second-order valence-electron chi connectivity index (χ2n) is 10.4. The second kappa shape index (κ2) is 269. The zero-order valence-corrected chi connectivity index (χ0v) is 57.6. The molecule has 0 bridgehead atoms. The molecule has 43 heteroatoms. The van der Waals surface area contributed by atoms with E-state index >= 15 is 0 Å². The molecule has 4 fully saturated rings. The summed E-state index contributed by atoms with van der Waals surface area (Å²) in [6.45, 7) is 0. The number of aliphatic hydroxyl groups excluding tert-OH is 7. The van der Waals surface area contributed by atoms with E-state index in [1.165, 1.54) is 51.4 Å². The number of hydrogen-bond acceptors (Lipinski definition) is 19. The van der Waals surface area contributed by atoms with E-state index in [1.807, 2.05) is 0 Å². The van der Waals surface area contributed by atoms with Crippen LogP contribution in [-0.2, 0) is 236 Å². The smallest absolute Gasteiger partial charge is 2.00 e. The van der Waals surface area contributed by atoms with Gasteiger partial charge in [0.25, 0.3) is 0 Å². The van der Waals surface area contributed by atoms with Crippen LogP contribution in [0.2, 0.25) is 0 Å². The van der Waals surface area contributed by atoms with Crippen LogP contribution in [0, 0.1) is 0 Å². The average Bonchev–Trinajstić information content (AvgIpc) is 3.28. The summed E-state index contributed by atoms with van der Waals surface area (Å²) in [5.41, 5.74) is 45.2. The molecule has 8 radical (unpaired) electrons. The standard InChI is InChI=1S/4C6H14N2.7CH4O.4CH3O.16O.8V/c4*7-5-3-1-2-4-6(5)8;11*1-2;;;;;;;;;;;;;;;;;;;;;;;;/h4*5-6H,1-4,7-8H2;7*2H,1H3;4*1H3;;;;;;;;;;;;;;;;;;;;;;;;/q;;;;;;;;;;;4*-1;16*-2;;;;;4*+4/t3*5-,6-;;;;;;;;;;;;;;;;;;;;;;;;;;;;;;;;;;;;/m100..................................../s1. The molecule has 0 aromatic carbocycles. The van der Waals surface area contributed by atoms with Crippen molar-refractivity contribution in [2.75, 3.05) is 78.2 Å². The van der Waals surface area contributed by atoms with Gasteiger partial charge in [-0.15, -0.1) is 0 Å². The van der Waals surface area contributed by atoms with E-state index in [0.29, 0.717) is 0 Å². The molecule has 23 N–H and O–H groups in total. The maximum atomic E-state index is 8.25. The third-order valence-electron chi connectivity index (χ3n) is 7.50. The number of rotatable bonds is 0. The first-order valence-electron chi connectivity index (χ1n) is 18.0. The zero-order valence-electron chi connectivity index (χ0n) is 46.4. The van der Waals surface area contributed by atoms with Gasteiger partial charge in [0, 0.05) is 172 Å². The molecule has 4 rings (SSSR count). The third kappa shape index (κ3) is 217. The fourth-order valence-corrected chi connectivity index (χ4v) is 4.75. The first kappa shape index (κ1) is 245. The summed E-state index contributed by atoms with van der Waals surface area (Å²) in [6.07, 6.45) is 19.2. The molecule has 0 saturated heterocycles. The van der Waals surface area contributed by atoms with Crippen LogP contribution in [0.25, 0.3) is 0 Å². The summed E-state index contributed by atoms with van der Waals surface area (Å²) in [4.78, 5) is 0. The van der Waals surface area contributed by atoms with Gasteiger partial charge in [-0.3, -0.25) is 0 Å². The largest absolute Gasteiger partial charge is 4.00 e. The molecule has 0 amide bonds. The molecular formula is C35H96N8O27V8-20. The molecule has 4 aliphatic rings. The molecule has 2 unspecified atom stereocenters. The monoisotopic (exact) mass is 1470 g/mol. The Morgan fingerprint density at radius 3 is 0.256 bits per heavy atom. The van der Waals surface area contributed by atoms with Crippen LogP contribution < -0.4 is 66.3 Å². The molecule has 35 nitrogen and oxygen atoms in total. The van der Waals surface area contributed by atoms with Gasteiger partial charge < -0.3 is 190 Å². The normalized spacial score (nSPS) is 17.2. The topological polar surface area (TPSA) is 898 Å². The maximum Gasteiger partial charge on any atom is 4.00 e. The van der Waals surface area contributed by atoms with Crippen LogP contribution >= 0.6 is 0 Å². The van der Waals surface area contributed by atoms with Gasteiger partial charge in [-0.05, 0) is 51.4 Å². The van der Waals surface area contributed by atoms with Gasteiger partial charge >= 0.3 is 74.2 Å². The Morgan fingerprint density at radius 2 is 0.231 bits per heavy atom. The van der Waals surface area contributed by atoms with Crippen molar-refractivity contribution in [1.82, 2.24) is 0 Å². The Labute approximate surface area is 562 Å². The molecule has 0 aliphatic heterocycles. The van der Waals surface area contributed by atoms with Crippen LogP contribution in [0.15, 0.2) is 0 Å². The summed E-state index contributed by atoms with van der Waals surface area (Å²) < 4.78 is 0. The van der Waals surface area contributed by atoms with Gasteiger partial charge in [-0.1, -0.05) is 51.4 Å². The predicted octanol–water partition coefficient (Wildman–Crippen LogP) is -7.90. The van der Waals surface area contributed by atoms with Crippen molar-refractivity contribution < 1.29 is 292 Å². The molecule has 4 saturated carbocycles. The molecule has 0 aromatic heterocycles. The third-order valence-corrected chi connectivity index (χ3v) is 7.50. The SMILES string of the molecule is CO.CO.CO.CO.CO.CO.CO.C[O-].C[O-].C[O-].C[O-].NC1CCCCC1N.N[C@@H]1CCCC[C@H]1N.N[C@H]1CCCC[C@@H]1N.N[C@H]1CCCC[C@@H]1N.[O-2].[O-2].[O-2].[O-2].[O-2].[O-2].[O-2].[O-2].[O-2].[O-2].[O-2].[O-2].[O-2].[O-2].[O-2].[O-2].[V+4].[V+4].[V+4].[V+4].[V].[V].[V].[V]. The van der Waals surface area contributed by atoms with E-state index in [1.54, 1.807) is 0 Å². The first-order chi connectivity index (χ1) is 26.2. The van der Waals surface area contributed by atoms with Crippen molar-refractivity contribution in [3.8, 4) is 0 Å². The summed E-state index contributed by atoms with van der Waals surface area (Å²) in [6, 6.07) is 2.25. The molecule has 498 valence electrons. The quantitative estimate of drug-likeness (QED) is 0.107. The molecule has 0 spiro atoms. The zero-order chi connectivity index (χ0) is 45.9. The first-order valence-corrected chi connectivity index (χ1v) is 18.0. The van der Waals surface area contributed by atoms with Crippen LogP contribution in [0.4, 0.5) is 0 Å². The van der Waals surface area contributed by atoms with Gasteiger partial charge in [-0.2, -0.15) is 28.4 Å². The van der Waals surface area contributed by atoms with E-state index in [0.717, 1.165) is 130 Å². The van der Waals surface area contributed by atoms with Gasteiger partial charge in [-0.25, -0.2) is 0 Å². The van der Waals surface area contributed by atoms with E-state index in [4.69, 9.17) is 102 Å². The Morgan fingerprint density at radius 1 is 0.192 bits per heavy atom. The predicted molar refractivity (Wildman–Crippen MR) is 229 cm³/mol. The molecular weight excluding hydrogens is 1370 g/mol. The minimum absolute atomic E-state index is 0. The van der Waals surface area contributed by atoms with Gasteiger partial charge in [0.2, 0.25) is 0 Å². The number of aliphatic hydroxyl groups is 7. The molecule has 8 atom stereocenters. The minimum Gasteiger partial charge on any atom is -2.00 e. The maximum absolute atomic E-state index is 8.25. The Hall–Kier alpha value is 3.28. The van der Waals surface area contributed by atoms with Crippen molar-refractivity contribution in [2.24, 2.45) is 45.9 Å². The Balaban J connectivity index is -0.00000000784. The fourth-order valence-electron chi connectivity index (χ4n) is 4.75. The summed E-state index contributed by atoms with van der Waals surface area (Å²) in [7, 11) is 10.0. The Kier molecular flexibility index (Phi) is 845. The van der Waals surface area contributed by atoms with Crippen LogP contribution in [0.5, 0.6) is 0 Å². The Bertz CT molecular complexity index is 440. The molecule has 78 heavy (non-hydrogen) atoms. The molecule has 0 heterocycles. The summed E-state index contributed by atoms with van der Waals surface area (Å²) >= 11 is 0. The summed E-state index contributed by atoms with van der Waals surface area (Å²) in [5.74, 6) is 0. The van der Waals surface area contributed by atoms with Gasteiger partial charge in [0.1, 0.15) is 0 Å². The second-order valence-corrected chi connectivity index (χ2v) is 10.4. The fraction of sp³-hybridized carbons (Fsp3) is 1.00. The van der Waals surface area contributed by atoms with Gasteiger partial charge in [0.15, 0.2) is 0 Å². The minimum atomic E-state index is 0. The molecule has 0 aromatic rings. The van der Waals surface area contributed by atoms with Crippen LogP contribution in [-0.4, -0.2) is 162 Å². The van der Waals surface area contributed by atoms with Crippen LogP contribution in [0.1, 0.15) is 103 Å². The van der Waals surface area contributed by atoms with E-state index < -0.39 is 0 Å². The van der Waals surface area contributed by atoms with Crippen molar-refractivity contribution in [3.05, 3.63) is 0 Å². The van der Waals surface area contributed by atoms with E-state index in [9.17, 15) is 0 Å². The van der Waals surface area contributed by atoms with E-state index in [-0.39, 0.29) is 284 Å². The molecule has 4 aliphatic carbocycles. The van der Waals surface area contributed by atoms with Crippen molar-refractivity contribution in [2.45, 2.75) is 151 Å². The van der Waals surface area contributed by atoms with Crippen LogP contribution in [0.3, 0.4) is 0 Å². The van der Waals surface area contributed by atoms with Crippen molar-refractivity contribution in [3.63, 3.8) is 0 Å². The van der Waals surface area contributed by atoms with Gasteiger partial charge in [0.05, 0.1) is 0 Å². The van der Waals surface area contributed by atoms with Crippen molar-refractivity contribution >= 4 is 0 Å². The number of nitrogens with two attached hydrogens (primary N) is 8. The average molecular weight is 1470 g/mol. The summed E-state index contributed by atoms with van der Waals surface area (Å²) in [5, 5.41) is 82.0.